The van der Waals surface area contributed by atoms with Crippen LogP contribution in [0.1, 0.15) is 271 Å². The van der Waals surface area contributed by atoms with Gasteiger partial charge in [-0.15, -0.1) is 0 Å². The third-order valence-electron chi connectivity index (χ3n) is 13.1. The van der Waals surface area contributed by atoms with Crippen molar-refractivity contribution in [1.82, 2.24) is 16.0 Å². The maximum atomic E-state index is 13.6. The molecule has 0 aromatic heterocycles. The first kappa shape index (κ1) is 69.4. The summed E-state index contributed by atoms with van der Waals surface area (Å²) < 4.78 is 27.6. The maximum Gasteiger partial charge on any atom is 0.469 e. The lowest BCUT2D eigenvalue weighted by Gasteiger charge is -2.22. The van der Waals surface area contributed by atoms with Crippen molar-refractivity contribution < 1.29 is 57.4 Å². The number of phosphoric acid groups is 1. The number of hydrogen-bond donors (Lipinski definition) is 7. The van der Waals surface area contributed by atoms with Crippen molar-refractivity contribution in [2.75, 3.05) is 26.3 Å². The number of phosphoric ester groups is 1. The summed E-state index contributed by atoms with van der Waals surface area (Å²) in [6.07, 6.45) is 32.7. The van der Waals surface area contributed by atoms with Gasteiger partial charge in [-0.2, -0.15) is 0 Å². The minimum Gasteiger partial charge on any atom is -0.463 e. The lowest BCUT2D eigenvalue weighted by Crippen LogP contribution is -2.48. The number of rotatable bonds is 53. The molecule has 0 rings (SSSR count). The van der Waals surface area contributed by atoms with E-state index in [0.29, 0.717) is 45.1 Å². The molecule has 0 aromatic rings. The van der Waals surface area contributed by atoms with Gasteiger partial charge in [-0.1, -0.05) is 188 Å². The van der Waals surface area contributed by atoms with E-state index in [4.69, 9.17) is 15.2 Å². The molecule has 8 N–H and O–H groups in total. The Morgan fingerprint density at radius 2 is 0.986 bits per heavy atom. The number of aliphatic hydroxyl groups excluding tert-OH is 1. The van der Waals surface area contributed by atoms with Crippen LogP contribution in [0, 0.1) is 0 Å². The van der Waals surface area contributed by atoms with Gasteiger partial charge < -0.3 is 46.1 Å². The molecular weight excluding hydrogens is 940 g/mol. The summed E-state index contributed by atoms with van der Waals surface area (Å²) in [5, 5.41) is 19.0. The summed E-state index contributed by atoms with van der Waals surface area (Å²) in [7, 11) is -4.86. The van der Waals surface area contributed by atoms with Crippen molar-refractivity contribution in [2.24, 2.45) is 5.73 Å². The highest BCUT2D eigenvalue weighted by Crippen LogP contribution is 2.35. The van der Waals surface area contributed by atoms with Crippen molar-refractivity contribution in [3.63, 3.8) is 0 Å². The lowest BCUT2D eigenvalue weighted by atomic mass is 10.0. The average Bonchev–Trinajstić information content (AvgIpc) is 3.33. The molecule has 0 radical (unpaired) electrons. The van der Waals surface area contributed by atoms with Crippen LogP contribution < -0.4 is 21.7 Å². The molecule has 0 aliphatic heterocycles. The van der Waals surface area contributed by atoms with Crippen molar-refractivity contribution in [3.05, 3.63) is 0 Å². The quantitative estimate of drug-likeness (QED) is 0.0170. The molecule has 0 bridgehead atoms. The van der Waals surface area contributed by atoms with Gasteiger partial charge in [0.1, 0.15) is 18.8 Å². The summed E-state index contributed by atoms with van der Waals surface area (Å²) >= 11 is 0. The summed E-state index contributed by atoms with van der Waals surface area (Å²) in [4.78, 5) is 84.5. The fraction of sp³-hybridized carbons (Fsp3) is 0.909. The molecule has 0 fully saturated rings. The fourth-order valence-electron chi connectivity index (χ4n) is 8.76. The number of carbonyl (C=O) groups is 5. The first-order valence-corrected chi connectivity index (χ1v) is 30.6. The zero-order chi connectivity index (χ0) is 53.3. The van der Waals surface area contributed by atoms with E-state index in [-0.39, 0.29) is 57.1 Å². The van der Waals surface area contributed by atoms with Crippen LogP contribution in [0.25, 0.3) is 0 Å². The number of nitrogens with two attached hydrogens (primary N) is 1. The predicted molar refractivity (Wildman–Crippen MR) is 288 cm³/mol. The molecule has 16 nitrogen and oxygen atoms in total. The van der Waals surface area contributed by atoms with Gasteiger partial charge in [0, 0.05) is 25.8 Å². The number of hydrogen-bond acceptors (Lipinski definition) is 11. The van der Waals surface area contributed by atoms with E-state index in [0.717, 1.165) is 77.0 Å². The second-order valence-corrected chi connectivity index (χ2v) is 21.4. The Morgan fingerprint density at radius 3 is 1.50 bits per heavy atom. The molecule has 0 aliphatic rings. The maximum absolute atomic E-state index is 13.6. The third-order valence-corrected chi connectivity index (χ3v) is 13.6. The molecule has 0 heterocycles. The van der Waals surface area contributed by atoms with Crippen molar-refractivity contribution in [1.29, 1.82) is 0 Å². The zero-order valence-electron chi connectivity index (χ0n) is 45.8. The molecular formula is C55H107N4O12P. The number of unbranched alkanes of at least 4 members (excludes halogenated alkanes) is 26. The van der Waals surface area contributed by atoms with E-state index < -0.39 is 56.5 Å². The molecule has 72 heavy (non-hydrogen) atoms. The summed E-state index contributed by atoms with van der Waals surface area (Å²) in [5.41, 5.74) is 5.57. The van der Waals surface area contributed by atoms with Crippen molar-refractivity contribution >= 4 is 37.5 Å². The molecule has 424 valence electrons. The summed E-state index contributed by atoms with van der Waals surface area (Å²) in [6, 6.07) is -1.82. The second-order valence-electron chi connectivity index (χ2n) is 20.2. The summed E-state index contributed by atoms with van der Waals surface area (Å²) in [5.74, 6) is -2.28. The monoisotopic (exact) mass is 1050 g/mol. The van der Waals surface area contributed by atoms with Gasteiger partial charge in [-0.3, -0.25) is 28.5 Å². The summed E-state index contributed by atoms with van der Waals surface area (Å²) in [6.45, 7) is 6.63. The van der Waals surface area contributed by atoms with Gasteiger partial charge in [0.2, 0.25) is 17.7 Å². The Morgan fingerprint density at radius 1 is 0.528 bits per heavy atom. The smallest absolute Gasteiger partial charge is 0.463 e. The van der Waals surface area contributed by atoms with Crippen molar-refractivity contribution in [2.45, 2.75) is 295 Å². The molecule has 2 unspecified atom stereocenters. The van der Waals surface area contributed by atoms with Gasteiger partial charge in [-0.25, -0.2) is 4.57 Å². The largest absolute Gasteiger partial charge is 0.469 e. The van der Waals surface area contributed by atoms with E-state index in [1.807, 2.05) is 0 Å². The second kappa shape index (κ2) is 49.3. The van der Waals surface area contributed by atoms with Crippen LogP contribution in [-0.4, -0.2) is 95.1 Å². The van der Waals surface area contributed by atoms with Crippen LogP contribution in [0.3, 0.4) is 0 Å². The van der Waals surface area contributed by atoms with Gasteiger partial charge in [0.05, 0.1) is 31.6 Å². The zero-order valence-corrected chi connectivity index (χ0v) is 46.6. The Kier molecular flexibility index (Phi) is 47.5. The number of carbonyl (C=O) groups excluding carboxylic acids is 5. The van der Waals surface area contributed by atoms with Crippen LogP contribution in [0.2, 0.25) is 0 Å². The van der Waals surface area contributed by atoms with Gasteiger partial charge >= 0.3 is 19.8 Å². The van der Waals surface area contributed by atoms with E-state index >= 15 is 0 Å². The number of nitrogens with one attached hydrogen (secondary N) is 3. The standard InChI is InChI=1S/C55H107N4O12P/c1-4-7-10-13-16-19-22-25-29-36-48(60)44-51(61)58-47(46-69-53(63)38-32-28-33-41-56)35-34-42-57-55(65)50(40-43-70-72(66,67)68)59-52(62)45-49(37-30-26-23-20-17-14-11-8-5-2)71-54(64)39-31-27-24-21-18-15-12-9-6-3/h47-50,60H,4-46,56H2,1-3H3,(H,57,65)(H,58,61)(H,59,62)(H2,66,67,68)/t47?,48-,49-,50?/m1/s1. The van der Waals surface area contributed by atoms with Gasteiger partial charge in [-0.05, 0) is 57.9 Å². The predicted octanol–water partition coefficient (Wildman–Crippen LogP) is 11.2. The van der Waals surface area contributed by atoms with Crippen LogP contribution in [0.15, 0.2) is 0 Å². The van der Waals surface area contributed by atoms with E-state index in [2.05, 4.69) is 41.2 Å². The Balaban J connectivity index is 5.55. The van der Waals surface area contributed by atoms with Crippen LogP contribution in [-0.2, 0) is 42.5 Å². The number of esters is 2. The van der Waals surface area contributed by atoms with E-state index in [1.165, 1.54) is 103 Å². The number of aliphatic hydroxyl groups is 1. The van der Waals surface area contributed by atoms with Gasteiger partial charge in [0.15, 0.2) is 0 Å². The number of ether oxygens (including phenoxy) is 2. The Bertz CT molecular complexity index is 1390. The van der Waals surface area contributed by atoms with Crippen LogP contribution in [0.5, 0.6) is 0 Å². The molecule has 0 aromatic carbocycles. The Labute approximate surface area is 437 Å². The highest BCUT2D eigenvalue weighted by Gasteiger charge is 2.26. The highest BCUT2D eigenvalue weighted by molar-refractivity contribution is 7.46. The average molecular weight is 1050 g/mol. The molecule has 3 amide bonds. The first-order chi connectivity index (χ1) is 34.7. The van der Waals surface area contributed by atoms with Gasteiger partial charge in [0.25, 0.3) is 0 Å². The highest BCUT2D eigenvalue weighted by atomic mass is 31.2. The molecule has 0 saturated carbocycles. The first-order valence-electron chi connectivity index (χ1n) is 29.0. The topological polar surface area (TPSA) is 253 Å². The molecule has 4 atom stereocenters. The van der Waals surface area contributed by atoms with E-state index in [1.54, 1.807) is 0 Å². The third kappa shape index (κ3) is 47.1. The molecule has 0 spiro atoms. The Hall–Kier alpha value is -2.62. The molecule has 0 saturated heterocycles. The SMILES string of the molecule is CCCCCCCCCCCC(=O)O[C@H](CCCCCCCCCCC)CC(=O)NC(CCOP(=O)(O)O)C(=O)NCCCC(COC(=O)CCCCCN)NC(=O)C[C@H](O)CCCCCCCCCCC. The lowest BCUT2D eigenvalue weighted by molar-refractivity contribution is -0.151. The van der Waals surface area contributed by atoms with E-state index in [9.17, 15) is 43.4 Å². The van der Waals surface area contributed by atoms with Crippen molar-refractivity contribution in [3.8, 4) is 0 Å². The van der Waals surface area contributed by atoms with Crippen LogP contribution >= 0.6 is 7.82 Å². The number of amides is 3. The normalized spacial score (nSPS) is 13.3. The molecule has 0 aliphatic carbocycles. The fourth-order valence-corrected chi connectivity index (χ4v) is 9.10. The minimum atomic E-state index is -4.86. The van der Waals surface area contributed by atoms with Crippen LogP contribution in [0.4, 0.5) is 0 Å². The molecule has 17 heteroatoms. The minimum absolute atomic E-state index is 0.0894.